The van der Waals surface area contributed by atoms with Gasteiger partial charge in [0.05, 0.1) is 11.8 Å². The molecule has 26 heavy (non-hydrogen) atoms. The number of benzene rings is 2. The smallest absolute Gasteiger partial charge is 0.240 e. The molecule has 0 bridgehead atoms. The third kappa shape index (κ3) is 4.63. The summed E-state index contributed by atoms with van der Waals surface area (Å²) in [5.41, 5.74) is 10.4. The van der Waals surface area contributed by atoms with Crippen LogP contribution in [-0.2, 0) is 27.7 Å². The summed E-state index contributed by atoms with van der Waals surface area (Å²) < 4.78 is 22.7. The molecule has 1 heterocycles. The minimum atomic E-state index is -3.14. The van der Waals surface area contributed by atoms with Crippen molar-refractivity contribution in [3.63, 3.8) is 0 Å². The van der Waals surface area contributed by atoms with Gasteiger partial charge < -0.3 is 10.6 Å². The minimum Gasteiger partial charge on any atom is -0.333 e. The summed E-state index contributed by atoms with van der Waals surface area (Å²) in [6, 6.07) is 15.2. The lowest BCUT2D eigenvalue weighted by Gasteiger charge is -2.24. The van der Waals surface area contributed by atoms with E-state index in [4.69, 9.17) is 5.73 Å². The number of hydrogen-bond donors (Lipinski definition) is 1. The number of hydrogen-bond acceptors (Lipinski definition) is 4. The molecule has 0 aliphatic carbocycles. The zero-order valence-corrected chi connectivity index (χ0v) is 16.2. The van der Waals surface area contributed by atoms with E-state index in [9.17, 15) is 13.2 Å². The lowest BCUT2D eigenvalue weighted by molar-refractivity contribution is -0.133. The number of carbonyl (C=O) groups is 1. The normalized spacial score (nSPS) is 14.5. The van der Waals surface area contributed by atoms with Gasteiger partial charge in [0.25, 0.3) is 0 Å². The molecule has 0 saturated heterocycles. The van der Waals surface area contributed by atoms with E-state index in [2.05, 4.69) is 12.1 Å². The number of fused-ring (bicyclic) bond motifs is 3. The maximum atomic E-state index is 12.8. The van der Waals surface area contributed by atoms with Crippen LogP contribution < -0.4 is 5.73 Å². The van der Waals surface area contributed by atoms with Gasteiger partial charge in [-0.05, 0) is 28.7 Å². The van der Waals surface area contributed by atoms with Crippen molar-refractivity contribution < 1.29 is 13.2 Å². The molecule has 0 fully saturated rings. The molecule has 140 valence electrons. The second-order valence-corrected chi connectivity index (χ2v) is 8.79. The van der Waals surface area contributed by atoms with Gasteiger partial charge in [-0.3, -0.25) is 4.79 Å². The maximum Gasteiger partial charge on any atom is 0.240 e. The number of sulfone groups is 1. The fourth-order valence-corrected chi connectivity index (χ4v) is 3.85. The number of nitrogens with two attached hydrogens (primary N) is 1. The van der Waals surface area contributed by atoms with Gasteiger partial charge in [0, 0.05) is 19.3 Å². The molecular formula is C19H23ClN2O3S. The molecule has 0 spiro atoms. The lowest BCUT2D eigenvalue weighted by atomic mass is 9.97. The molecule has 1 atom stereocenters. The predicted molar refractivity (Wildman–Crippen MR) is 106 cm³/mol. The Bertz CT molecular complexity index is 852. The average molecular weight is 395 g/mol. The summed E-state index contributed by atoms with van der Waals surface area (Å²) >= 11 is 0. The number of halogens is 1. The van der Waals surface area contributed by atoms with E-state index in [1.165, 1.54) is 0 Å². The van der Waals surface area contributed by atoms with Crippen molar-refractivity contribution in [3.05, 3.63) is 59.7 Å². The molecule has 2 N–H and O–H groups in total. The molecular weight excluding hydrogens is 372 g/mol. The largest absolute Gasteiger partial charge is 0.333 e. The summed E-state index contributed by atoms with van der Waals surface area (Å²) in [6.07, 6.45) is 1.29. The van der Waals surface area contributed by atoms with E-state index >= 15 is 0 Å². The minimum absolute atomic E-state index is 0. The summed E-state index contributed by atoms with van der Waals surface area (Å²) in [5.74, 6) is -0.295. The number of carbonyl (C=O) groups excluding carboxylic acids is 1. The van der Waals surface area contributed by atoms with Gasteiger partial charge in [0.15, 0.2) is 0 Å². The highest BCUT2D eigenvalue weighted by atomic mass is 35.5. The van der Waals surface area contributed by atoms with Crippen molar-refractivity contribution in [1.82, 2.24) is 4.90 Å². The lowest BCUT2D eigenvalue weighted by Crippen LogP contribution is -2.43. The summed E-state index contributed by atoms with van der Waals surface area (Å²) in [6.45, 7) is 0.937. The van der Waals surface area contributed by atoms with Crippen LogP contribution >= 0.6 is 12.4 Å². The zero-order chi connectivity index (χ0) is 18.0. The standard InChI is InChI=1S/C19H22N2O3S.ClH/c1-25(23,24)11-10-18(20)19(22)21-12-14-6-2-4-8-16(14)17-9-5-3-7-15(17)13-21;/h2-9,18H,10-13,20H2,1H3;1H. The third-order valence-corrected chi connectivity index (χ3v) is 5.45. The zero-order valence-electron chi connectivity index (χ0n) is 14.6. The summed E-state index contributed by atoms with van der Waals surface area (Å²) in [5, 5.41) is 0. The second kappa shape index (κ2) is 8.20. The molecule has 5 nitrogen and oxygen atoms in total. The Labute approximate surface area is 160 Å². The van der Waals surface area contributed by atoms with E-state index < -0.39 is 15.9 Å². The Morgan fingerprint density at radius 1 is 1.04 bits per heavy atom. The average Bonchev–Trinajstić information content (AvgIpc) is 2.75. The van der Waals surface area contributed by atoms with Gasteiger partial charge >= 0.3 is 0 Å². The highest BCUT2D eigenvalue weighted by Crippen LogP contribution is 2.32. The fraction of sp³-hybridized carbons (Fsp3) is 0.316. The van der Waals surface area contributed by atoms with Crippen LogP contribution in [-0.4, -0.2) is 37.3 Å². The molecule has 1 amide bonds. The van der Waals surface area contributed by atoms with Crippen LogP contribution in [0.3, 0.4) is 0 Å². The first kappa shape index (κ1) is 20.4. The first-order valence-corrected chi connectivity index (χ1v) is 10.3. The van der Waals surface area contributed by atoms with E-state index in [0.717, 1.165) is 28.5 Å². The van der Waals surface area contributed by atoms with Gasteiger partial charge in [-0.1, -0.05) is 48.5 Å². The molecule has 7 heteroatoms. The van der Waals surface area contributed by atoms with Crippen LogP contribution in [0.1, 0.15) is 17.5 Å². The Morgan fingerprint density at radius 2 is 1.50 bits per heavy atom. The van der Waals surface area contributed by atoms with Crippen LogP contribution in [0.25, 0.3) is 11.1 Å². The Hall–Kier alpha value is -1.89. The second-order valence-electron chi connectivity index (χ2n) is 6.53. The fourth-order valence-electron chi connectivity index (χ4n) is 3.16. The number of amides is 1. The van der Waals surface area contributed by atoms with Crippen LogP contribution in [0.5, 0.6) is 0 Å². The first-order chi connectivity index (χ1) is 11.8. The van der Waals surface area contributed by atoms with E-state index in [0.29, 0.717) is 13.1 Å². The number of rotatable bonds is 4. The molecule has 1 unspecified atom stereocenters. The summed E-state index contributed by atoms with van der Waals surface area (Å²) in [7, 11) is -3.14. The van der Waals surface area contributed by atoms with Gasteiger partial charge in [-0.15, -0.1) is 12.4 Å². The molecule has 0 radical (unpaired) electrons. The van der Waals surface area contributed by atoms with Crippen molar-refractivity contribution in [2.75, 3.05) is 12.0 Å². The number of nitrogens with zero attached hydrogens (tertiary/aromatic N) is 1. The van der Waals surface area contributed by atoms with Gasteiger partial charge in [0.1, 0.15) is 9.84 Å². The highest BCUT2D eigenvalue weighted by molar-refractivity contribution is 7.90. The van der Waals surface area contributed by atoms with Crippen molar-refractivity contribution >= 4 is 28.2 Å². The van der Waals surface area contributed by atoms with Crippen molar-refractivity contribution in [2.24, 2.45) is 5.73 Å². The van der Waals surface area contributed by atoms with E-state index in [1.54, 1.807) is 4.90 Å². The quantitative estimate of drug-likeness (QED) is 0.863. The van der Waals surface area contributed by atoms with Crippen molar-refractivity contribution in [1.29, 1.82) is 0 Å². The predicted octanol–water partition coefficient (Wildman–Crippen LogP) is 2.38. The molecule has 0 aromatic heterocycles. The maximum absolute atomic E-state index is 12.8. The monoisotopic (exact) mass is 394 g/mol. The van der Waals surface area contributed by atoms with E-state index in [-0.39, 0.29) is 30.5 Å². The van der Waals surface area contributed by atoms with Crippen LogP contribution in [0, 0.1) is 0 Å². The molecule has 1 aliphatic heterocycles. The van der Waals surface area contributed by atoms with Gasteiger partial charge in [0.2, 0.25) is 5.91 Å². The van der Waals surface area contributed by atoms with Crippen LogP contribution in [0.4, 0.5) is 0 Å². The Balaban J connectivity index is 0.00000243. The molecule has 1 aliphatic rings. The van der Waals surface area contributed by atoms with Crippen LogP contribution in [0.2, 0.25) is 0 Å². The van der Waals surface area contributed by atoms with Crippen LogP contribution in [0.15, 0.2) is 48.5 Å². The highest BCUT2D eigenvalue weighted by Gasteiger charge is 2.26. The van der Waals surface area contributed by atoms with Crippen molar-refractivity contribution in [3.8, 4) is 11.1 Å². The molecule has 2 aromatic carbocycles. The van der Waals surface area contributed by atoms with Gasteiger partial charge in [-0.25, -0.2) is 8.42 Å². The molecule has 3 rings (SSSR count). The SMILES string of the molecule is CS(=O)(=O)CCC(N)C(=O)N1Cc2ccccc2-c2ccccc2C1.Cl. The molecule has 2 aromatic rings. The Morgan fingerprint density at radius 3 is 1.96 bits per heavy atom. The third-order valence-electron chi connectivity index (χ3n) is 4.48. The summed E-state index contributed by atoms with van der Waals surface area (Å²) in [4.78, 5) is 14.5. The van der Waals surface area contributed by atoms with E-state index in [1.807, 2.05) is 36.4 Å². The Kier molecular flexibility index (Phi) is 6.44. The first-order valence-electron chi connectivity index (χ1n) is 8.23. The van der Waals surface area contributed by atoms with Crippen molar-refractivity contribution in [2.45, 2.75) is 25.6 Å². The van der Waals surface area contributed by atoms with Gasteiger partial charge in [-0.2, -0.15) is 0 Å². The topological polar surface area (TPSA) is 80.5 Å². The molecule has 0 saturated carbocycles.